The topological polar surface area (TPSA) is 66.0 Å². The molecule has 0 amide bonds. The Kier molecular flexibility index (Phi) is 4.89. The Balaban J connectivity index is 0.000000181. The van der Waals surface area contributed by atoms with E-state index in [0.717, 1.165) is 19.3 Å². The molecule has 96 valence electrons. The van der Waals surface area contributed by atoms with E-state index in [4.69, 9.17) is 0 Å². The van der Waals surface area contributed by atoms with Crippen LogP contribution in [-0.4, -0.2) is 17.5 Å². The molecule has 0 spiro atoms. The Labute approximate surface area is 102 Å². The first-order chi connectivity index (χ1) is 7.89. The number of nitrogens with zero attached hydrogens (tertiary/aromatic N) is 2. The van der Waals surface area contributed by atoms with Gasteiger partial charge in [-0.2, -0.15) is 0 Å². The predicted octanol–water partition coefficient (Wildman–Crippen LogP) is 0.839. The Hall–Kier alpha value is -1.14. The summed E-state index contributed by atoms with van der Waals surface area (Å²) in [5.74, 6) is 0. The van der Waals surface area contributed by atoms with E-state index in [-0.39, 0.29) is 4.91 Å². The molecule has 0 aromatic carbocycles. The van der Waals surface area contributed by atoms with Crippen LogP contribution in [0.2, 0.25) is 0 Å². The summed E-state index contributed by atoms with van der Waals surface area (Å²) < 4.78 is 35.1. The first kappa shape index (κ1) is 13.9. The van der Waals surface area contributed by atoms with Crippen LogP contribution in [0.25, 0.3) is 0 Å². The van der Waals surface area contributed by atoms with E-state index in [2.05, 4.69) is 0 Å². The summed E-state index contributed by atoms with van der Waals surface area (Å²) >= 11 is 0. The van der Waals surface area contributed by atoms with Crippen LogP contribution in [0.4, 0.5) is 0 Å². The summed E-state index contributed by atoms with van der Waals surface area (Å²) in [6.45, 7) is 0. The second kappa shape index (κ2) is 5.97. The van der Waals surface area contributed by atoms with Crippen molar-refractivity contribution in [2.75, 3.05) is 0 Å². The quantitative estimate of drug-likeness (QED) is 0.554. The van der Waals surface area contributed by atoms with E-state index in [1.54, 1.807) is 0 Å². The zero-order chi connectivity index (χ0) is 12.9. The van der Waals surface area contributed by atoms with Gasteiger partial charge >= 0.3 is 0 Å². The van der Waals surface area contributed by atoms with E-state index in [1.165, 1.54) is 6.08 Å². The SMILES string of the molecule is Cn1cc[n+](C)c1.O=S(=O)([O-])C1=CCCCC1. The van der Waals surface area contributed by atoms with Gasteiger partial charge in [-0.1, -0.05) is 6.08 Å². The first-order valence-corrected chi connectivity index (χ1v) is 6.92. The summed E-state index contributed by atoms with van der Waals surface area (Å²) in [7, 11) is -0.115. The zero-order valence-electron chi connectivity index (χ0n) is 10.2. The van der Waals surface area contributed by atoms with Crippen molar-refractivity contribution in [2.45, 2.75) is 25.7 Å². The van der Waals surface area contributed by atoms with Crippen molar-refractivity contribution in [1.82, 2.24) is 4.57 Å². The molecule has 0 saturated heterocycles. The number of hydrogen-bond donors (Lipinski definition) is 0. The maximum absolute atomic E-state index is 10.4. The average molecular weight is 258 g/mol. The molecule has 1 aromatic rings. The van der Waals surface area contributed by atoms with Gasteiger partial charge in [0.25, 0.3) is 0 Å². The minimum atomic E-state index is -4.11. The van der Waals surface area contributed by atoms with Gasteiger partial charge in [-0.25, -0.2) is 17.6 Å². The highest BCUT2D eigenvalue weighted by Gasteiger charge is 2.08. The molecule has 2 rings (SSSR count). The van der Waals surface area contributed by atoms with Crippen molar-refractivity contribution < 1.29 is 17.5 Å². The Morgan fingerprint density at radius 3 is 2.35 bits per heavy atom. The van der Waals surface area contributed by atoms with E-state index >= 15 is 0 Å². The second-order valence-corrected chi connectivity index (χ2v) is 5.55. The average Bonchev–Trinajstić information content (AvgIpc) is 2.63. The van der Waals surface area contributed by atoms with Crippen LogP contribution in [0.5, 0.6) is 0 Å². The van der Waals surface area contributed by atoms with Gasteiger partial charge in [0.1, 0.15) is 22.5 Å². The third-order valence-electron chi connectivity index (χ3n) is 2.47. The maximum Gasteiger partial charge on any atom is 0.243 e. The van der Waals surface area contributed by atoms with Crippen LogP contribution < -0.4 is 4.57 Å². The fourth-order valence-corrected chi connectivity index (χ4v) is 2.33. The van der Waals surface area contributed by atoms with Gasteiger partial charge in [-0.15, -0.1) is 0 Å². The van der Waals surface area contributed by atoms with Crippen LogP contribution in [-0.2, 0) is 24.2 Å². The minimum absolute atomic E-state index is 0.0822. The number of aromatic nitrogens is 2. The lowest BCUT2D eigenvalue weighted by Crippen LogP contribution is -2.23. The van der Waals surface area contributed by atoms with E-state index < -0.39 is 10.1 Å². The standard InChI is InChI=1S/C6H10O3S.C5H9N2/c7-10(8,9)6-4-2-1-3-5-6;1-6-3-4-7(2)5-6/h4H,1-3,5H2,(H,7,8,9);3-5H,1-2H3/q;+1/p-1. The zero-order valence-corrected chi connectivity index (χ0v) is 11.0. The molecule has 0 fully saturated rings. The van der Waals surface area contributed by atoms with Crippen molar-refractivity contribution >= 4 is 10.1 Å². The van der Waals surface area contributed by atoms with Crippen LogP contribution in [0.3, 0.4) is 0 Å². The van der Waals surface area contributed by atoms with Crippen molar-refractivity contribution in [3.05, 3.63) is 29.7 Å². The highest BCUT2D eigenvalue weighted by molar-refractivity contribution is 7.89. The predicted molar refractivity (Wildman–Crippen MR) is 62.8 cm³/mol. The van der Waals surface area contributed by atoms with Gasteiger partial charge in [0.2, 0.25) is 6.33 Å². The number of allylic oxidation sites excluding steroid dienone is 2. The van der Waals surface area contributed by atoms with Crippen LogP contribution in [0.15, 0.2) is 29.7 Å². The molecule has 0 N–H and O–H groups in total. The van der Waals surface area contributed by atoms with Gasteiger partial charge in [0, 0.05) is 4.91 Å². The summed E-state index contributed by atoms with van der Waals surface area (Å²) in [4.78, 5) is 0.0822. The van der Waals surface area contributed by atoms with Gasteiger partial charge in [-0.3, -0.25) is 0 Å². The normalized spacial score (nSPS) is 15.8. The molecule has 1 aliphatic carbocycles. The molecule has 0 aliphatic heterocycles. The fourth-order valence-electron chi connectivity index (χ4n) is 1.61. The molecule has 0 unspecified atom stereocenters. The first-order valence-electron chi connectivity index (χ1n) is 5.52. The van der Waals surface area contributed by atoms with Crippen molar-refractivity contribution in [2.24, 2.45) is 14.1 Å². The molecule has 1 aromatic heterocycles. The third kappa shape index (κ3) is 5.14. The fraction of sp³-hybridized carbons (Fsp3) is 0.545. The number of imidazole rings is 1. The molecular weight excluding hydrogens is 240 g/mol. The highest BCUT2D eigenvalue weighted by atomic mass is 32.2. The molecule has 5 nitrogen and oxygen atoms in total. The lowest BCUT2D eigenvalue weighted by atomic mass is 10.1. The van der Waals surface area contributed by atoms with E-state index in [9.17, 15) is 13.0 Å². The molecular formula is C11H18N2O3S. The minimum Gasteiger partial charge on any atom is -0.744 e. The summed E-state index contributed by atoms with van der Waals surface area (Å²) in [6, 6.07) is 0. The van der Waals surface area contributed by atoms with Crippen LogP contribution in [0.1, 0.15) is 25.7 Å². The summed E-state index contributed by atoms with van der Waals surface area (Å²) in [5, 5.41) is 0. The number of hydrogen-bond acceptors (Lipinski definition) is 3. The Morgan fingerprint density at radius 2 is 2.12 bits per heavy atom. The highest BCUT2D eigenvalue weighted by Crippen LogP contribution is 2.20. The smallest absolute Gasteiger partial charge is 0.243 e. The van der Waals surface area contributed by atoms with Gasteiger partial charge in [0.15, 0.2) is 0 Å². The molecule has 0 radical (unpaired) electrons. The third-order valence-corrected chi connectivity index (χ3v) is 3.48. The molecule has 0 bridgehead atoms. The molecule has 0 atom stereocenters. The van der Waals surface area contributed by atoms with E-state index in [1.807, 2.05) is 42.0 Å². The lowest BCUT2D eigenvalue weighted by Gasteiger charge is -2.15. The van der Waals surface area contributed by atoms with Crippen LogP contribution >= 0.6 is 0 Å². The molecule has 6 heteroatoms. The molecule has 1 heterocycles. The van der Waals surface area contributed by atoms with Crippen molar-refractivity contribution in [3.63, 3.8) is 0 Å². The lowest BCUT2D eigenvalue weighted by molar-refractivity contribution is -0.670. The second-order valence-electron chi connectivity index (χ2n) is 4.11. The van der Waals surface area contributed by atoms with Crippen LogP contribution in [0, 0.1) is 0 Å². The molecule has 1 aliphatic rings. The number of aryl methyl sites for hydroxylation is 2. The summed E-state index contributed by atoms with van der Waals surface area (Å²) in [5.41, 5.74) is 0. The van der Waals surface area contributed by atoms with Crippen molar-refractivity contribution in [1.29, 1.82) is 0 Å². The van der Waals surface area contributed by atoms with Gasteiger partial charge < -0.3 is 4.55 Å². The number of rotatable bonds is 1. The molecule has 0 saturated carbocycles. The summed E-state index contributed by atoms with van der Waals surface area (Å²) in [6.07, 6.45) is 10.5. The Bertz CT molecular complexity index is 472. The van der Waals surface area contributed by atoms with Gasteiger partial charge in [-0.05, 0) is 25.7 Å². The van der Waals surface area contributed by atoms with E-state index in [0.29, 0.717) is 6.42 Å². The maximum atomic E-state index is 10.4. The molecule has 17 heavy (non-hydrogen) atoms. The largest absolute Gasteiger partial charge is 0.744 e. The Morgan fingerprint density at radius 1 is 1.41 bits per heavy atom. The van der Waals surface area contributed by atoms with Gasteiger partial charge in [0.05, 0.1) is 14.1 Å². The van der Waals surface area contributed by atoms with Crippen molar-refractivity contribution in [3.8, 4) is 0 Å². The monoisotopic (exact) mass is 258 g/mol.